The lowest BCUT2D eigenvalue weighted by Crippen LogP contribution is -2.25. The van der Waals surface area contributed by atoms with Gasteiger partial charge in [0.05, 0.1) is 22.6 Å². The van der Waals surface area contributed by atoms with E-state index < -0.39 is 33.7 Å². The maximum atomic E-state index is 13.4. The molecule has 0 atom stereocenters. The highest BCUT2D eigenvalue weighted by Crippen LogP contribution is 2.21. The number of rotatable bonds is 5. The van der Waals surface area contributed by atoms with Gasteiger partial charge in [-0.2, -0.15) is 9.65 Å². The molecule has 1 amide bonds. The van der Waals surface area contributed by atoms with Crippen molar-refractivity contribution >= 4 is 11.6 Å². The summed E-state index contributed by atoms with van der Waals surface area (Å²) in [7, 11) is 0. The Kier molecular flexibility index (Phi) is 4.88. The van der Waals surface area contributed by atoms with Gasteiger partial charge in [-0.05, 0) is 12.5 Å². The first-order valence-corrected chi connectivity index (χ1v) is 5.26. The van der Waals surface area contributed by atoms with Crippen LogP contribution in [0.25, 0.3) is 0 Å². The molecule has 1 N–H and O–H groups in total. The number of nitro benzene ring substituents is 1. The summed E-state index contributed by atoms with van der Waals surface area (Å²) in [6.45, 7) is 0.129. The molecule has 19 heavy (non-hydrogen) atoms. The second-order valence-electron chi connectivity index (χ2n) is 3.56. The molecule has 0 aliphatic carbocycles. The van der Waals surface area contributed by atoms with Crippen LogP contribution in [0.3, 0.4) is 0 Å². The van der Waals surface area contributed by atoms with Crippen molar-refractivity contribution in [1.29, 1.82) is 5.26 Å². The number of nitro groups is 1. The van der Waals surface area contributed by atoms with Gasteiger partial charge >= 0.3 is 5.69 Å². The van der Waals surface area contributed by atoms with E-state index >= 15 is 0 Å². The average molecular weight is 269 g/mol. The van der Waals surface area contributed by atoms with Crippen LogP contribution in [0.5, 0.6) is 0 Å². The van der Waals surface area contributed by atoms with Crippen LogP contribution < -0.4 is 5.32 Å². The molecule has 0 aliphatic heterocycles. The fraction of sp³-hybridized carbons (Fsp3) is 0.273. The number of hydrogen-bond acceptors (Lipinski definition) is 4. The first kappa shape index (κ1) is 14.5. The number of amides is 1. The zero-order chi connectivity index (χ0) is 14.4. The average Bonchev–Trinajstić information content (AvgIpc) is 2.36. The molecule has 0 heterocycles. The second-order valence-corrected chi connectivity index (χ2v) is 3.56. The lowest BCUT2D eigenvalue weighted by atomic mass is 10.1. The van der Waals surface area contributed by atoms with Crippen molar-refractivity contribution in [2.75, 3.05) is 6.54 Å². The van der Waals surface area contributed by atoms with Crippen molar-refractivity contribution in [3.63, 3.8) is 0 Å². The maximum Gasteiger partial charge on any atom is 0.307 e. The summed E-state index contributed by atoms with van der Waals surface area (Å²) in [5.74, 6) is -3.34. The lowest BCUT2D eigenvalue weighted by Gasteiger charge is -2.05. The van der Waals surface area contributed by atoms with Gasteiger partial charge in [-0.1, -0.05) is 0 Å². The molecule has 0 radical (unpaired) electrons. The van der Waals surface area contributed by atoms with E-state index in [1.165, 1.54) is 0 Å². The molecule has 0 saturated heterocycles. The molecule has 100 valence electrons. The SMILES string of the molecule is N#CCCCNC(=O)c1cc(F)c([N+](=O)[O-])cc1F. The van der Waals surface area contributed by atoms with Crippen molar-refractivity contribution in [3.05, 3.63) is 39.4 Å². The number of carbonyl (C=O) groups excluding carboxylic acids is 1. The van der Waals surface area contributed by atoms with E-state index in [1.54, 1.807) is 0 Å². The summed E-state index contributed by atoms with van der Waals surface area (Å²) in [4.78, 5) is 20.8. The van der Waals surface area contributed by atoms with Crippen LogP contribution in [0.15, 0.2) is 12.1 Å². The van der Waals surface area contributed by atoms with Crippen LogP contribution >= 0.6 is 0 Å². The first-order valence-electron chi connectivity index (χ1n) is 5.26. The van der Waals surface area contributed by atoms with Gasteiger partial charge in [-0.25, -0.2) is 4.39 Å². The zero-order valence-corrected chi connectivity index (χ0v) is 9.65. The van der Waals surface area contributed by atoms with Crippen molar-refractivity contribution in [3.8, 4) is 6.07 Å². The van der Waals surface area contributed by atoms with E-state index in [0.717, 1.165) is 0 Å². The Bertz CT molecular complexity index is 555. The molecular weight excluding hydrogens is 260 g/mol. The van der Waals surface area contributed by atoms with Gasteiger partial charge in [0.1, 0.15) is 5.82 Å². The maximum absolute atomic E-state index is 13.4. The Morgan fingerprint density at radius 2 is 2.11 bits per heavy atom. The Morgan fingerprint density at radius 1 is 1.42 bits per heavy atom. The standard InChI is InChI=1S/C11H9F2N3O3/c12-8-6-10(16(18)19)9(13)5-7(8)11(17)15-4-2-1-3-14/h5-6H,1-2,4H2,(H,15,17). The number of halogens is 2. The van der Waals surface area contributed by atoms with E-state index in [4.69, 9.17) is 5.26 Å². The molecule has 0 aromatic heterocycles. The fourth-order valence-electron chi connectivity index (χ4n) is 1.31. The number of carbonyl (C=O) groups is 1. The van der Waals surface area contributed by atoms with Crippen LogP contribution in [-0.4, -0.2) is 17.4 Å². The van der Waals surface area contributed by atoms with Gasteiger partial charge in [0.15, 0.2) is 0 Å². The molecular formula is C11H9F2N3O3. The first-order chi connectivity index (χ1) is 8.97. The Balaban J connectivity index is 2.84. The fourth-order valence-corrected chi connectivity index (χ4v) is 1.31. The lowest BCUT2D eigenvalue weighted by molar-refractivity contribution is -0.387. The molecule has 0 saturated carbocycles. The number of nitriles is 1. The summed E-state index contributed by atoms with van der Waals surface area (Å²) >= 11 is 0. The quantitative estimate of drug-likeness (QED) is 0.501. The number of nitrogens with one attached hydrogen (secondary N) is 1. The van der Waals surface area contributed by atoms with Crippen LogP contribution in [0.2, 0.25) is 0 Å². The largest absolute Gasteiger partial charge is 0.352 e. The van der Waals surface area contributed by atoms with Gasteiger partial charge in [0.25, 0.3) is 5.91 Å². The van der Waals surface area contributed by atoms with E-state index in [-0.39, 0.29) is 13.0 Å². The highest BCUT2D eigenvalue weighted by Gasteiger charge is 2.21. The molecule has 1 rings (SSSR count). The van der Waals surface area contributed by atoms with E-state index in [2.05, 4.69) is 5.32 Å². The third-order valence-electron chi connectivity index (χ3n) is 2.23. The minimum Gasteiger partial charge on any atom is -0.352 e. The van der Waals surface area contributed by atoms with Crippen molar-refractivity contribution < 1.29 is 18.5 Å². The van der Waals surface area contributed by atoms with E-state index in [9.17, 15) is 23.7 Å². The van der Waals surface area contributed by atoms with Gasteiger partial charge in [-0.3, -0.25) is 14.9 Å². The van der Waals surface area contributed by atoms with Crippen LogP contribution in [0.4, 0.5) is 14.5 Å². The molecule has 1 aromatic carbocycles. The number of unbranched alkanes of at least 4 members (excludes halogenated alkanes) is 1. The highest BCUT2D eigenvalue weighted by molar-refractivity contribution is 5.94. The zero-order valence-electron chi connectivity index (χ0n) is 9.65. The molecule has 0 bridgehead atoms. The topological polar surface area (TPSA) is 96.0 Å². The van der Waals surface area contributed by atoms with Crippen LogP contribution in [-0.2, 0) is 0 Å². The number of benzene rings is 1. The molecule has 0 unspecified atom stereocenters. The highest BCUT2D eigenvalue weighted by atomic mass is 19.1. The summed E-state index contributed by atoms with van der Waals surface area (Å²) in [5, 5.41) is 20.9. The molecule has 8 heteroatoms. The predicted molar refractivity (Wildman–Crippen MR) is 60.2 cm³/mol. The van der Waals surface area contributed by atoms with E-state index in [1.807, 2.05) is 6.07 Å². The Labute approximate surface area is 106 Å². The third kappa shape index (κ3) is 3.70. The molecule has 0 fully saturated rings. The van der Waals surface area contributed by atoms with Crippen molar-refractivity contribution in [2.45, 2.75) is 12.8 Å². The van der Waals surface area contributed by atoms with Crippen LogP contribution in [0.1, 0.15) is 23.2 Å². The summed E-state index contributed by atoms with van der Waals surface area (Å²) in [6, 6.07) is 2.70. The molecule has 6 nitrogen and oxygen atoms in total. The summed E-state index contributed by atoms with van der Waals surface area (Å²) in [6.07, 6.45) is 0.594. The third-order valence-corrected chi connectivity index (χ3v) is 2.23. The number of hydrogen-bond donors (Lipinski definition) is 1. The van der Waals surface area contributed by atoms with Crippen molar-refractivity contribution in [2.24, 2.45) is 0 Å². The Hall–Kier alpha value is -2.56. The minimum absolute atomic E-state index is 0.129. The van der Waals surface area contributed by atoms with Gasteiger partial charge in [-0.15, -0.1) is 0 Å². The van der Waals surface area contributed by atoms with Gasteiger partial charge in [0.2, 0.25) is 5.82 Å². The monoisotopic (exact) mass is 269 g/mol. The summed E-state index contributed by atoms with van der Waals surface area (Å²) < 4.78 is 26.7. The molecule has 0 aliphatic rings. The molecule has 0 spiro atoms. The normalized spacial score (nSPS) is 9.74. The molecule has 1 aromatic rings. The van der Waals surface area contributed by atoms with Crippen LogP contribution in [0, 0.1) is 33.1 Å². The van der Waals surface area contributed by atoms with Gasteiger partial charge in [0, 0.05) is 13.0 Å². The van der Waals surface area contributed by atoms with E-state index in [0.29, 0.717) is 18.6 Å². The Morgan fingerprint density at radius 3 is 2.68 bits per heavy atom. The number of nitrogens with zero attached hydrogens (tertiary/aromatic N) is 2. The minimum atomic E-state index is -1.28. The van der Waals surface area contributed by atoms with Gasteiger partial charge < -0.3 is 5.32 Å². The second kappa shape index (κ2) is 6.39. The summed E-state index contributed by atoms with van der Waals surface area (Å²) in [5.41, 5.74) is -1.64. The predicted octanol–water partition coefficient (Wildman–Crippen LogP) is 1.91. The smallest absolute Gasteiger partial charge is 0.307 e. The van der Waals surface area contributed by atoms with Crippen molar-refractivity contribution in [1.82, 2.24) is 5.32 Å².